The maximum Gasteiger partial charge on any atom is 0.269 e. The molecule has 1 saturated heterocycles. The minimum Gasteiger partial charge on any atom is -0.494 e. The number of non-ortho nitro benzene ring substituents is 1. The van der Waals surface area contributed by atoms with Crippen LogP contribution in [0, 0.1) is 10.1 Å². The molecule has 0 saturated carbocycles. The number of hydrogen-bond donors (Lipinski definition) is 1. The zero-order chi connectivity index (χ0) is 20.1. The summed E-state index contributed by atoms with van der Waals surface area (Å²) in [6.45, 7) is 0.652. The molecule has 0 atom stereocenters. The second kappa shape index (κ2) is 8.34. The summed E-state index contributed by atoms with van der Waals surface area (Å²) in [5.41, 5.74) is 1.88. The topological polar surface area (TPSA) is 102 Å². The van der Waals surface area contributed by atoms with E-state index in [9.17, 15) is 19.7 Å². The Morgan fingerprint density at radius 3 is 2.61 bits per heavy atom. The van der Waals surface area contributed by atoms with Gasteiger partial charge >= 0.3 is 0 Å². The predicted octanol–water partition coefficient (Wildman–Crippen LogP) is 3.38. The standard InChI is InChI=1S/C20H19N3O5/c1-28-18-13-15(7-10-17(18)22-12-2-3-20(22)25)21-19(24)11-6-14-4-8-16(9-5-14)23(26)27/h4-11,13H,2-3,12H2,1H3,(H,21,24)/b11-6-. The predicted molar refractivity (Wildman–Crippen MR) is 105 cm³/mol. The van der Waals surface area contributed by atoms with Crippen LogP contribution in [-0.4, -0.2) is 30.4 Å². The third-order valence-electron chi connectivity index (χ3n) is 4.34. The van der Waals surface area contributed by atoms with Crippen LogP contribution < -0.4 is 15.0 Å². The smallest absolute Gasteiger partial charge is 0.269 e. The Morgan fingerprint density at radius 2 is 2.00 bits per heavy atom. The summed E-state index contributed by atoms with van der Waals surface area (Å²) in [5.74, 6) is 0.207. The third kappa shape index (κ3) is 4.35. The van der Waals surface area contributed by atoms with Gasteiger partial charge in [0.2, 0.25) is 11.8 Å². The van der Waals surface area contributed by atoms with E-state index >= 15 is 0 Å². The van der Waals surface area contributed by atoms with Crippen LogP contribution in [0.5, 0.6) is 5.75 Å². The lowest BCUT2D eigenvalue weighted by atomic mass is 10.2. The molecule has 1 N–H and O–H groups in total. The van der Waals surface area contributed by atoms with Crippen molar-refractivity contribution in [2.24, 2.45) is 0 Å². The van der Waals surface area contributed by atoms with Crippen molar-refractivity contribution in [3.63, 3.8) is 0 Å². The Hall–Kier alpha value is -3.68. The molecule has 1 aliphatic rings. The van der Waals surface area contributed by atoms with Gasteiger partial charge in [-0.1, -0.05) is 0 Å². The number of amides is 2. The first-order valence-electron chi connectivity index (χ1n) is 8.70. The molecule has 8 heteroatoms. The number of carbonyl (C=O) groups excluding carboxylic acids is 2. The van der Waals surface area contributed by atoms with E-state index in [0.29, 0.717) is 35.7 Å². The molecule has 0 bridgehead atoms. The summed E-state index contributed by atoms with van der Waals surface area (Å²) in [5, 5.41) is 13.4. The number of nitrogens with one attached hydrogen (secondary N) is 1. The largest absolute Gasteiger partial charge is 0.494 e. The lowest BCUT2D eigenvalue weighted by Crippen LogP contribution is -2.24. The maximum absolute atomic E-state index is 12.1. The third-order valence-corrected chi connectivity index (χ3v) is 4.34. The minimum absolute atomic E-state index is 0.00901. The van der Waals surface area contributed by atoms with Gasteiger partial charge in [-0.15, -0.1) is 0 Å². The van der Waals surface area contributed by atoms with Crippen LogP contribution >= 0.6 is 0 Å². The number of nitro groups is 1. The highest BCUT2D eigenvalue weighted by atomic mass is 16.6. The van der Waals surface area contributed by atoms with Crippen molar-refractivity contribution >= 4 is 35.0 Å². The van der Waals surface area contributed by atoms with Gasteiger partial charge < -0.3 is 15.0 Å². The van der Waals surface area contributed by atoms with Crippen molar-refractivity contribution in [2.75, 3.05) is 23.9 Å². The number of hydrogen-bond acceptors (Lipinski definition) is 5. The molecule has 3 rings (SSSR count). The Balaban J connectivity index is 1.68. The van der Waals surface area contributed by atoms with Crippen molar-refractivity contribution in [1.29, 1.82) is 0 Å². The van der Waals surface area contributed by atoms with Crippen molar-refractivity contribution < 1.29 is 19.2 Å². The first kappa shape index (κ1) is 19.1. The van der Waals surface area contributed by atoms with Gasteiger partial charge in [-0.2, -0.15) is 0 Å². The summed E-state index contributed by atoms with van der Waals surface area (Å²) in [6.07, 6.45) is 4.24. The summed E-state index contributed by atoms with van der Waals surface area (Å²) in [6, 6.07) is 11.0. The number of benzene rings is 2. The van der Waals surface area contributed by atoms with Crippen molar-refractivity contribution in [1.82, 2.24) is 0 Å². The van der Waals surface area contributed by atoms with Gasteiger partial charge in [0.1, 0.15) is 5.75 Å². The van der Waals surface area contributed by atoms with Gasteiger partial charge in [0.25, 0.3) is 5.69 Å². The molecule has 1 heterocycles. The minimum atomic E-state index is -0.479. The molecule has 28 heavy (non-hydrogen) atoms. The first-order chi connectivity index (χ1) is 13.5. The molecule has 2 aromatic carbocycles. The Bertz CT molecular complexity index is 937. The SMILES string of the molecule is COc1cc(NC(=O)/C=C\c2ccc([N+](=O)[O-])cc2)ccc1N1CCCC1=O. The van der Waals surface area contributed by atoms with E-state index < -0.39 is 4.92 Å². The average molecular weight is 381 g/mol. The molecule has 0 aliphatic carbocycles. The van der Waals surface area contributed by atoms with E-state index in [1.807, 2.05) is 0 Å². The van der Waals surface area contributed by atoms with Crippen molar-refractivity contribution in [2.45, 2.75) is 12.8 Å². The van der Waals surface area contributed by atoms with Crippen LogP contribution in [0.3, 0.4) is 0 Å². The molecule has 2 amide bonds. The number of methoxy groups -OCH3 is 1. The van der Waals surface area contributed by atoms with Crippen molar-refractivity contribution in [3.05, 3.63) is 64.2 Å². The quantitative estimate of drug-likeness (QED) is 0.469. The summed E-state index contributed by atoms with van der Waals surface area (Å²) >= 11 is 0. The fourth-order valence-corrected chi connectivity index (χ4v) is 2.94. The van der Waals surface area contributed by atoms with E-state index in [2.05, 4.69) is 5.32 Å². The van der Waals surface area contributed by atoms with Crippen LogP contribution in [-0.2, 0) is 9.59 Å². The number of anilines is 2. The van der Waals surface area contributed by atoms with E-state index in [1.165, 1.54) is 25.3 Å². The molecule has 0 spiro atoms. The van der Waals surface area contributed by atoms with E-state index in [-0.39, 0.29) is 17.5 Å². The average Bonchev–Trinajstić information content (AvgIpc) is 3.12. The fourth-order valence-electron chi connectivity index (χ4n) is 2.94. The van der Waals surface area contributed by atoms with Gasteiger partial charge in [0, 0.05) is 42.9 Å². The van der Waals surface area contributed by atoms with Crippen molar-refractivity contribution in [3.8, 4) is 5.75 Å². The molecule has 8 nitrogen and oxygen atoms in total. The zero-order valence-electron chi connectivity index (χ0n) is 15.3. The zero-order valence-corrected chi connectivity index (χ0v) is 15.3. The molecular formula is C20H19N3O5. The lowest BCUT2D eigenvalue weighted by Gasteiger charge is -2.19. The molecule has 1 aliphatic heterocycles. The summed E-state index contributed by atoms with van der Waals surface area (Å²) in [7, 11) is 1.51. The highest BCUT2D eigenvalue weighted by molar-refractivity contribution is 6.02. The fraction of sp³-hybridized carbons (Fsp3) is 0.200. The first-order valence-corrected chi connectivity index (χ1v) is 8.70. The highest BCUT2D eigenvalue weighted by Gasteiger charge is 2.24. The van der Waals surface area contributed by atoms with Crippen LogP contribution in [0.2, 0.25) is 0 Å². The van der Waals surface area contributed by atoms with Crippen LogP contribution in [0.4, 0.5) is 17.1 Å². The van der Waals surface area contributed by atoms with Gasteiger partial charge in [0.05, 0.1) is 17.7 Å². The highest BCUT2D eigenvalue weighted by Crippen LogP contribution is 2.33. The second-order valence-electron chi connectivity index (χ2n) is 6.21. The number of ether oxygens (including phenoxy) is 1. The van der Waals surface area contributed by atoms with E-state index in [4.69, 9.17) is 4.74 Å². The molecule has 2 aromatic rings. The Labute approximate surface area is 161 Å². The van der Waals surface area contributed by atoms with Gasteiger partial charge in [-0.3, -0.25) is 19.7 Å². The number of nitro benzene ring substituents is 1. The van der Waals surface area contributed by atoms with Crippen LogP contribution in [0.25, 0.3) is 6.08 Å². The molecule has 1 fully saturated rings. The molecule has 0 aromatic heterocycles. The molecule has 144 valence electrons. The number of nitrogens with zero attached hydrogens (tertiary/aromatic N) is 2. The lowest BCUT2D eigenvalue weighted by molar-refractivity contribution is -0.384. The van der Waals surface area contributed by atoms with E-state index in [1.54, 1.807) is 41.3 Å². The Kier molecular flexibility index (Phi) is 5.69. The molecule has 0 radical (unpaired) electrons. The van der Waals surface area contributed by atoms with Gasteiger partial charge in [-0.25, -0.2) is 0 Å². The summed E-state index contributed by atoms with van der Waals surface area (Å²) in [4.78, 5) is 35.9. The number of rotatable bonds is 6. The summed E-state index contributed by atoms with van der Waals surface area (Å²) < 4.78 is 5.37. The Morgan fingerprint density at radius 1 is 1.25 bits per heavy atom. The monoisotopic (exact) mass is 381 g/mol. The van der Waals surface area contributed by atoms with Gasteiger partial charge in [-0.05, 0) is 42.3 Å². The van der Waals surface area contributed by atoms with Gasteiger partial charge in [0.15, 0.2) is 0 Å². The second-order valence-corrected chi connectivity index (χ2v) is 6.21. The number of carbonyl (C=O) groups is 2. The van der Waals surface area contributed by atoms with Crippen LogP contribution in [0.1, 0.15) is 18.4 Å². The van der Waals surface area contributed by atoms with E-state index in [0.717, 1.165) is 6.42 Å². The maximum atomic E-state index is 12.1. The van der Waals surface area contributed by atoms with Crippen LogP contribution in [0.15, 0.2) is 48.5 Å². The molecule has 0 unspecified atom stereocenters. The normalized spacial score (nSPS) is 13.8. The molecular weight excluding hydrogens is 362 g/mol.